The van der Waals surface area contributed by atoms with E-state index < -0.39 is 0 Å². The Morgan fingerprint density at radius 3 is 2.15 bits per heavy atom. The summed E-state index contributed by atoms with van der Waals surface area (Å²) < 4.78 is 5.02. The molecule has 3 aromatic heterocycles. The van der Waals surface area contributed by atoms with Crippen molar-refractivity contribution in [3.8, 4) is 39.5 Å². The van der Waals surface area contributed by atoms with Gasteiger partial charge in [0.2, 0.25) is 0 Å². The third-order valence-corrected chi connectivity index (χ3v) is 11.2. The minimum atomic E-state index is -0.0458. The van der Waals surface area contributed by atoms with Gasteiger partial charge in [0, 0.05) is 42.8 Å². The van der Waals surface area contributed by atoms with E-state index in [1.165, 1.54) is 58.7 Å². The number of hydrogen-bond acceptors (Lipinski definition) is 3. The van der Waals surface area contributed by atoms with Gasteiger partial charge in [0.25, 0.3) is 0 Å². The molecule has 0 fully saturated rings. The maximum absolute atomic E-state index is 5.27. The van der Waals surface area contributed by atoms with Crippen LogP contribution in [0.2, 0.25) is 0 Å². The van der Waals surface area contributed by atoms with Crippen LogP contribution in [-0.4, -0.2) is 14.5 Å². The van der Waals surface area contributed by atoms with Crippen molar-refractivity contribution in [3.05, 3.63) is 151 Å². The SMILES string of the molecule is CC1(C)c2ccccc2-c2c1ccc1sc3c(ccc4c5ccccc5n(-c5cnc(-c6ccccc6)nc5-c5ccccc5)c43)c21. The molecule has 0 amide bonds. The number of hydrogen-bond donors (Lipinski definition) is 0. The minimum absolute atomic E-state index is 0.0458. The second-order valence-electron chi connectivity index (χ2n) is 13.0. The van der Waals surface area contributed by atoms with E-state index in [-0.39, 0.29) is 5.41 Å². The monoisotopic (exact) mass is 619 g/mol. The molecule has 1 aliphatic carbocycles. The summed E-state index contributed by atoms with van der Waals surface area (Å²) in [6.45, 7) is 4.72. The first-order valence-corrected chi connectivity index (χ1v) is 16.9. The first-order valence-electron chi connectivity index (χ1n) is 16.1. The van der Waals surface area contributed by atoms with Crippen LogP contribution in [0.4, 0.5) is 0 Å². The number of thiophene rings is 1. The second-order valence-corrected chi connectivity index (χ2v) is 14.0. The Morgan fingerprint density at radius 2 is 1.32 bits per heavy atom. The molecule has 0 spiro atoms. The van der Waals surface area contributed by atoms with Crippen LogP contribution in [0.5, 0.6) is 0 Å². The van der Waals surface area contributed by atoms with Crippen molar-refractivity contribution >= 4 is 53.3 Å². The number of nitrogens with zero attached hydrogens (tertiary/aromatic N) is 3. The highest BCUT2D eigenvalue weighted by Gasteiger charge is 2.37. The van der Waals surface area contributed by atoms with Gasteiger partial charge in [0.05, 0.1) is 33.3 Å². The lowest BCUT2D eigenvalue weighted by Gasteiger charge is -2.21. The summed E-state index contributed by atoms with van der Waals surface area (Å²) in [5.41, 5.74) is 11.8. The van der Waals surface area contributed by atoms with E-state index in [0.29, 0.717) is 0 Å². The van der Waals surface area contributed by atoms with Crippen molar-refractivity contribution in [2.45, 2.75) is 19.3 Å². The lowest BCUT2D eigenvalue weighted by Crippen LogP contribution is -2.14. The van der Waals surface area contributed by atoms with E-state index in [1.54, 1.807) is 0 Å². The van der Waals surface area contributed by atoms with Gasteiger partial charge in [-0.25, -0.2) is 9.97 Å². The fraction of sp³-hybridized carbons (Fsp3) is 0.0698. The fourth-order valence-corrected chi connectivity index (χ4v) is 9.14. The van der Waals surface area contributed by atoms with E-state index in [9.17, 15) is 0 Å². The van der Waals surface area contributed by atoms with Crippen LogP contribution in [0.3, 0.4) is 0 Å². The summed E-state index contributed by atoms with van der Waals surface area (Å²) in [7, 11) is 0. The molecule has 3 nitrogen and oxygen atoms in total. The largest absolute Gasteiger partial charge is 0.304 e. The van der Waals surface area contributed by atoms with Crippen molar-refractivity contribution in [2.75, 3.05) is 0 Å². The molecule has 6 aromatic carbocycles. The van der Waals surface area contributed by atoms with Crippen molar-refractivity contribution in [1.82, 2.24) is 14.5 Å². The molecular weight excluding hydrogens is 591 g/mol. The Kier molecular flexibility index (Phi) is 5.50. The lowest BCUT2D eigenvalue weighted by atomic mass is 9.82. The number of para-hydroxylation sites is 1. The molecule has 0 saturated heterocycles. The first-order chi connectivity index (χ1) is 23.1. The summed E-state index contributed by atoms with van der Waals surface area (Å²) in [6, 6.07) is 47.9. The van der Waals surface area contributed by atoms with E-state index in [0.717, 1.165) is 33.8 Å². The summed E-state index contributed by atoms with van der Waals surface area (Å²) in [4.78, 5) is 10.3. The second kappa shape index (κ2) is 9.71. The number of aromatic nitrogens is 3. The van der Waals surface area contributed by atoms with Crippen molar-refractivity contribution in [3.63, 3.8) is 0 Å². The van der Waals surface area contributed by atoms with Crippen molar-refractivity contribution < 1.29 is 0 Å². The summed E-state index contributed by atoms with van der Waals surface area (Å²) in [5, 5.41) is 5.13. The maximum atomic E-state index is 5.27. The Bertz CT molecular complexity index is 2700. The number of rotatable bonds is 3. The van der Waals surface area contributed by atoms with Crippen LogP contribution in [0.15, 0.2) is 140 Å². The molecule has 0 atom stereocenters. The third kappa shape index (κ3) is 3.67. The highest BCUT2D eigenvalue weighted by atomic mass is 32.1. The Hall–Kier alpha value is -5.58. The molecule has 47 heavy (non-hydrogen) atoms. The lowest BCUT2D eigenvalue weighted by molar-refractivity contribution is 0.661. The quantitative estimate of drug-likeness (QED) is 0.197. The van der Waals surface area contributed by atoms with Crippen molar-refractivity contribution in [1.29, 1.82) is 0 Å². The molecule has 10 rings (SSSR count). The van der Waals surface area contributed by atoms with E-state index >= 15 is 0 Å². The van der Waals surface area contributed by atoms with E-state index in [4.69, 9.17) is 9.97 Å². The molecule has 0 radical (unpaired) electrons. The fourth-order valence-electron chi connectivity index (χ4n) is 7.89. The molecule has 4 heteroatoms. The van der Waals surface area contributed by atoms with Gasteiger partial charge in [0.15, 0.2) is 5.82 Å². The maximum Gasteiger partial charge on any atom is 0.159 e. The van der Waals surface area contributed by atoms with Crippen LogP contribution >= 0.6 is 11.3 Å². The molecule has 3 heterocycles. The van der Waals surface area contributed by atoms with Crippen LogP contribution in [0, 0.1) is 0 Å². The van der Waals surface area contributed by atoms with Gasteiger partial charge < -0.3 is 4.57 Å². The highest BCUT2D eigenvalue weighted by Crippen LogP contribution is 2.54. The number of benzene rings is 6. The highest BCUT2D eigenvalue weighted by molar-refractivity contribution is 7.26. The standard InChI is InChI=1S/C43H29N3S/c1-43(2)32-19-11-9-18-30(32)37-33(43)23-24-36-38(37)31-22-21-29-28-17-10-12-20-34(28)46(40(29)41(31)47-36)35-25-44-42(27-15-7-4-8-16-27)45-39(35)26-13-5-3-6-14-26/h3-25H,1-2H3. The Balaban J connectivity index is 1.34. The molecule has 0 bridgehead atoms. The number of fused-ring (bicyclic) bond motifs is 11. The molecular formula is C43H29N3S. The third-order valence-electron chi connectivity index (χ3n) is 10.1. The van der Waals surface area contributed by atoms with Crippen molar-refractivity contribution in [2.24, 2.45) is 0 Å². The van der Waals surface area contributed by atoms with Gasteiger partial charge >= 0.3 is 0 Å². The predicted octanol–water partition coefficient (Wildman–Crippen LogP) is 11.6. The van der Waals surface area contributed by atoms with E-state index in [2.05, 4.69) is 134 Å². The molecule has 0 N–H and O–H groups in total. The first kappa shape index (κ1) is 26.6. The molecule has 222 valence electrons. The molecule has 0 saturated carbocycles. The molecule has 0 aliphatic heterocycles. The minimum Gasteiger partial charge on any atom is -0.304 e. The summed E-state index contributed by atoms with van der Waals surface area (Å²) in [5.74, 6) is 0.720. The van der Waals surface area contributed by atoms with Gasteiger partial charge in [-0.3, -0.25) is 0 Å². The van der Waals surface area contributed by atoms with Crippen LogP contribution in [-0.2, 0) is 5.41 Å². The van der Waals surface area contributed by atoms with Crippen LogP contribution < -0.4 is 0 Å². The predicted molar refractivity (Wildman–Crippen MR) is 198 cm³/mol. The molecule has 0 unspecified atom stereocenters. The van der Waals surface area contributed by atoms with Crippen LogP contribution in [0.1, 0.15) is 25.0 Å². The molecule has 1 aliphatic rings. The Labute approximate surface area is 276 Å². The smallest absolute Gasteiger partial charge is 0.159 e. The zero-order chi connectivity index (χ0) is 31.3. The molecule has 9 aromatic rings. The van der Waals surface area contributed by atoms with Gasteiger partial charge in [-0.05, 0) is 34.4 Å². The van der Waals surface area contributed by atoms with Gasteiger partial charge in [-0.2, -0.15) is 0 Å². The zero-order valence-electron chi connectivity index (χ0n) is 26.0. The normalized spacial score (nSPS) is 13.5. The zero-order valence-corrected chi connectivity index (χ0v) is 26.8. The van der Waals surface area contributed by atoms with Gasteiger partial charge in [-0.1, -0.05) is 135 Å². The average molecular weight is 620 g/mol. The topological polar surface area (TPSA) is 30.7 Å². The van der Waals surface area contributed by atoms with E-state index in [1.807, 2.05) is 35.7 Å². The summed E-state index contributed by atoms with van der Waals surface area (Å²) in [6.07, 6.45) is 2.02. The average Bonchev–Trinajstić information content (AvgIpc) is 3.75. The Morgan fingerprint density at radius 1 is 0.617 bits per heavy atom. The summed E-state index contributed by atoms with van der Waals surface area (Å²) >= 11 is 1.90. The van der Waals surface area contributed by atoms with Gasteiger partial charge in [-0.15, -0.1) is 11.3 Å². The van der Waals surface area contributed by atoms with Crippen LogP contribution in [0.25, 0.3) is 81.4 Å². The van der Waals surface area contributed by atoms with Gasteiger partial charge in [0.1, 0.15) is 0 Å².